The lowest BCUT2D eigenvalue weighted by Crippen LogP contribution is -2.30. The van der Waals surface area contributed by atoms with Gasteiger partial charge in [0.2, 0.25) is 5.91 Å². The highest BCUT2D eigenvalue weighted by Crippen LogP contribution is 2.33. The van der Waals surface area contributed by atoms with Crippen LogP contribution in [-0.2, 0) is 11.3 Å². The van der Waals surface area contributed by atoms with Crippen molar-refractivity contribution < 1.29 is 9.53 Å². The maximum absolute atomic E-state index is 13.4. The van der Waals surface area contributed by atoms with Crippen LogP contribution >= 0.6 is 11.8 Å². The third-order valence-corrected chi connectivity index (χ3v) is 7.09. The summed E-state index contributed by atoms with van der Waals surface area (Å²) < 4.78 is 8.60. The molecule has 174 valence electrons. The fourth-order valence-electron chi connectivity index (χ4n) is 4.27. The van der Waals surface area contributed by atoms with E-state index in [1.54, 1.807) is 22.6 Å². The highest BCUT2D eigenvalue weighted by molar-refractivity contribution is 7.99. The molecule has 0 fully saturated rings. The average molecular weight is 476 g/mol. The molecule has 1 N–H and O–H groups in total. The SMILES string of the molecule is COc1cccc(CNC(=O)CC2CSc3nc4c(cnn4-c4ccc(C)cc4C)c(=O)n32)c1. The average Bonchev–Trinajstić information content (AvgIpc) is 3.43. The van der Waals surface area contributed by atoms with Gasteiger partial charge in [-0.25, -0.2) is 9.67 Å². The predicted molar refractivity (Wildman–Crippen MR) is 132 cm³/mol. The molecule has 0 spiro atoms. The predicted octanol–water partition coefficient (Wildman–Crippen LogP) is 3.56. The Hall–Kier alpha value is -3.59. The molecule has 1 atom stereocenters. The van der Waals surface area contributed by atoms with Crippen molar-refractivity contribution in [1.29, 1.82) is 0 Å². The van der Waals surface area contributed by atoms with Gasteiger partial charge in [-0.3, -0.25) is 14.2 Å². The van der Waals surface area contributed by atoms with E-state index in [0.29, 0.717) is 28.5 Å². The molecule has 5 rings (SSSR count). The molecule has 34 heavy (non-hydrogen) atoms. The third kappa shape index (κ3) is 4.07. The van der Waals surface area contributed by atoms with Gasteiger partial charge in [-0.15, -0.1) is 0 Å². The number of thioether (sulfide) groups is 1. The zero-order valence-electron chi connectivity index (χ0n) is 19.2. The van der Waals surface area contributed by atoms with E-state index in [0.717, 1.165) is 28.1 Å². The summed E-state index contributed by atoms with van der Waals surface area (Å²) in [6.45, 7) is 4.46. The number of ether oxygens (including phenoxy) is 1. The molecular weight excluding hydrogens is 450 g/mol. The number of nitrogens with one attached hydrogen (secondary N) is 1. The highest BCUT2D eigenvalue weighted by atomic mass is 32.2. The number of carbonyl (C=O) groups excluding carboxylic acids is 1. The number of benzene rings is 2. The summed E-state index contributed by atoms with van der Waals surface area (Å²) in [5.41, 5.74) is 4.45. The first kappa shape index (κ1) is 22.2. The molecule has 1 unspecified atom stereocenters. The van der Waals surface area contributed by atoms with Crippen molar-refractivity contribution in [2.24, 2.45) is 0 Å². The van der Waals surface area contributed by atoms with Crippen molar-refractivity contribution in [1.82, 2.24) is 24.6 Å². The van der Waals surface area contributed by atoms with Crippen LogP contribution in [-0.4, -0.2) is 38.1 Å². The van der Waals surface area contributed by atoms with E-state index in [1.165, 1.54) is 11.8 Å². The molecule has 9 heteroatoms. The smallest absolute Gasteiger partial charge is 0.265 e. The van der Waals surface area contributed by atoms with Crippen LogP contribution in [0.5, 0.6) is 5.75 Å². The number of hydrogen-bond donors (Lipinski definition) is 1. The number of aromatic nitrogens is 4. The van der Waals surface area contributed by atoms with Crippen molar-refractivity contribution in [3.8, 4) is 11.4 Å². The molecule has 0 radical (unpaired) electrons. The molecule has 0 aliphatic carbocycles. The molecule has 2 aromatic carbocycles. The van der Waals surface area contributed by atoms with Gasteiger partial charge < -0.3 is 10.1 Å². The Kier molecular flexibility index (Phi) is 5.87. The fourth-order valence-corrected chi connectivity index (χ4v) is 5.40. The largest absolute Gasteiger partial charge is 0.497 e. The zero-order chi connectivity index (χ0) is 23.8. The van der Waals surface area contributed by atoms with Crippen LogP contribution in [0.2, 0.25) is 0 Å². The minimum Gasteiger partial charge on any atom is -0.497 e. The van der Waals surface area contributed by atoms with Gasteiger partial charge >= 0.3 is 0 Å². The molecule has 1 aliphatic rings. The van der Waals surface area contributed by atoms with Gasteiger partial charge in [-0.1, -0.05) is 41.6 Å². The number of carbonyl (C=O) groups is 1. The van der Waals surface area contributed by atoms with Crippen LogP contribution in [0, 0.1) is 13.8 Å². The maximum Gasteiger partial charge on any atom is 0.265 e. The molecule has 3 heterocycles. The Morgan fingerprint density at radius 1 is 1.24 bits per heavy atom. The van der Waals surface area contributed by atoms with E-state index in [9.17, 15) is 9.59 Å². The molecular formula is C25H25N5O3S. The topological polar surface area (TPSA) is 91.0 Å². The first-order valence-corrected chi connectivity index (χ1v) is 12.0. The van der Waals surface area contributed by atoms with Crippen LogP contribution < -0.4 is 15.6 Å². The first-order chi connectivity index (χ1) is 16.4. The minimum absolute atomic E-state index is 0.112. The summed E-state index contributed by atoms with van der Waals surface area (Å²) in [6, 6.07) is 13.4. The maximum atomic E-state index is 13.4. The molecule has 0 saturated carbocycles. The highest BCUT2D eigenvalue weighted by Gasteiger charge is 2.29. The quantitative estimate of drug-likeness (QED) is 0.429. The number of hydrogen-bond acceptors (Lipinski definition) is 6. The number of aryl methyl sites for hydroxylation is 2. The molecule has 2 aromatic heterocycles. The lowest BCUT2D eigenvalue weighted by atomic mass is 10.1. The second-order valence-electron chi connectivity index (χ2n) is 8.45. The summed E-state index contributed by atoms with van der Waals surface area (Å²) in [5.74, 6) is 1.26. The molecule has 0 bridgehead atoms. The summed E-state index contributed by atoms with van der Waals surface area (Å²) in [7, 11) is 1.61. The summed E-state index contributed by atoms with van der Waals surface area (Å²) in [6.07, 6.45) is 1.78. The van der Waals surface area contributed by atoms with Gasteiger partial charge in [-0.05, 0) is 43.2 Å². The van der Waals surface area contributed by atoms with Gasteiger partial charge in [0.15, 0.2) is 10.8 Å². The van der Waals surface area contributed by atoms with Crippen molar-refractivity contribution in [3.63, 3.8) is 0 Å². The van der Waals surface area contributed by atoms with E-state index in [1.807, 2.05) is 50.2 Å². The molecule has 1 aliphatic heterocycles. The Labute approximate surface area is 201 Å². The fraction of sp³-hybridized carbons (Fsp3) is 0.280. The number of methoxy groups -OCH3 is 1. The molecule has 0 saturated heterocycles. The summed E-state index contributed by atoms with van der Waals surface area (Å²) in [4.78, 5) is 30.8. The van der Waals surface area contributed by atoms with Crippen LogP contribution in [0.1, 0.15) is 29.2 Å². The Bertz CT molecular complexity index is 1460. The van der Waals surface area contributed by atoms with Gasteiger partial charge in [0.1, 0.15) is 11.1 Å². The Balaban J connectivity index is 1.37. The Morgan fingerprint density at radius 2 is 2.09 bits per heavy atom. The van der Waals surface area contributed by atoms with Crippen molar-refractivity contribution >= 4 is 28.7 Å². The van der Waals surface area contributed by atoms with Crippen LogP contribution in [0.3, 0.4) is 0 Å². The lowest BCUT2D eigenvalue weighted by molar-refractivity contribution is -0.121. The number of amides is 1. The summed E-state index contributed by atoms with van der Waals surface area (Å²) >= 11 is 1.49. The minimum atomic E-state index is -0.251. The van der Waals surface area contributed by atoms with E-state index >= 15 is 0 Å². The second kappa shape index (κ2) is 8.98. The van der Waals surface area contributed by atoms with Crippen molar-refractivity contribution in [3.05, 3.63) is 75.7 Å². The molecule has 1 amide bonds. The van der Waals surface area contributed by atoms with E-state index in [2.05, 4.69) is 16.5 Å². The molecule has 4 aromatic rings. The number of nitrogens with zero attached hydrogens (tertiary/aromatic N) is 4. The molecule has 8 nitrogen and oxygen atoms in total. The normalized spacial score (nSPS) is 14.9. The van der Waals surface area contributed by atoms with Gasteiger partial charge in [-0.2, -0.15) is 5.10 Å². The van der Waals surface area contributed by atoms with Crippen LogP contribution in [0.4, 0.5) is 0 Å². The standard InChI is InChI=1S/C25H25N5O3S/c1-15-7-8-21(16(2)9-15)30-23-20(13-27-30)24(32)29-18(14-34-25(29)28-23)11-22(31)26-12-17-5-4-6-19(10-17)33-3/h4-10,13,18H,11-12,14H2,1-3H3,(H,26,31). The van der Waals surface area contributed by atoms with Crippen molar-refractivity contribution in [2.45, 2.75) is 38.0 Å². The van der Waals surface area contributed by atoms with E-state index < -0.39 is 0 Å². The van der Waals surface area contributed by atoms with E-state index in [-0.39, 0.29) is 23.9 Å². The summed E-state index contributed by atoms with van der Waals surface area (Å²) in [5, 5.41) is 8.48. The van der Waals surface area contributed by atoms with Gasteiger partial charge in [0.05, 0.1) is 25.0 Å². The number of rotatable bonds is 6. The van der Waals surface area contributed by atoms with Gasteiger partial charge in [0, 0.05) is 18.7 Å². The monoisotopic (exact) mass is 475 g/mol. The van der Waals surface area contributed by atoms with Crippen molar-refractivity contribution in [2.75, 3.05) is 12.9 Å². The van der Waals surface area contributed by atoms with E-state index in [4.69, 9.17) is 9.72 Å². The lowest BCUT2D eigenvalue weighted by Gasteiger charge is -2.14. The number of fused-ring (bicyclic) bond motifs is 2. The first-order valence-electron chi connectivity index (χ1n) is 11.0. The Morgan fingerprint density at radius 3 is 2.88 bits per heavy atom. The van der Waals surface area contributed by atoms with Crippen LogP contribution in [0.25, 0.3) is 16.7 Å². The third-order valence-electron chi connectivity index (χ3n) is 6.00. The van der Waals surface area contributed by atoms with Crippen LogP contribution in [0.15, 0.2) is 58.6 Å². The second-order valence-corrected chi connectivity index (χ2v) is 9.44. The van der Waals surface area contributed by atoms with Gasteiger partial charge in [0.25, 0.3) is 5.56 Å². The zero-order valence-corrected chi connectivity index (χ0v) is 20.1.